The van der Waals surface area contributed by atoms with Crippen molar-refractivity contribution in [3.05, 3.63) is 47.9 Å². The van der Waals surface area contributed by atoms with E-state index in [1.807, 2.05) is 6.07 Å². The minimum Gasteiger partial charge on any atom is -0.372 e. The Bertz CT molecular complexity index is 660. The molecule has 0 aliphatic carbocycles. The lowest BCUT2D eigenvalue weighted by Gasteiger charge is -2.16. The molecular formula is C14H13N5O. The monoisotopic (exact) mass is 267 g/mol. The molecule has 2 rings (SSSR count). The molecule has 1 N–H and O–H groups in total. The van der Waals surface area contributed by atoms with Crippen molar-refractivity contribution in [2.45, 2.75) is 0 Å². The molecule has 1 aromatic heterocycles. The number of nitriles is 1. The zero-order valence-electron chi connectivity index (χ0n) is 11.2. The fourth-order valence-electron chi connectivity index (χ4n) is 1.64. The lowest BCUT2D eigenvalue weighted by Crippen LogP contribution is -2.27. The van der Waals surface area contributed by atoms with Crippen molar-refractivity contribution in [1.82, 2.24) is 9.97 Å². The summed E-state index contributed by atoms with van der Waals surface area (Å²) in [6.07, 6.45) is 2.96. The molecule has 0 radical (unpaired) electrons. The number of carbonyl (C=O) groups is 1. The maximum atomic E-state index is 12.3. The highest BCUT2D eigenvalue weighted by Crippen LogP contribution is 2.16. The second-order valence-corrected chi connectivity index (χ2v) is 4.06. The van der Waals surface area contributed by atoms with E-state index >= 15 is 0 Å². The molecule has 6 nitrogen and oxygen atoms in total. The summed E-state index contributed by atoms with van der Waals surface area (Å²) in [5.41, 5.74) is 1.49. The van der Waals surface area contributed by atoms with Gasteiger partial charge < -0.3 is 10.2 Å². The van der Waals surface area contributed by atoms with E-state index in [1.165, 1.54) is 11.1 Å². The largest absolute Gasteiger partial charge is 0.372 e. The predicted molar refractivity (Wildman–Crippen MR) is 75.5 cm³/mol. The van der Waals surface area contributed by atoms with Gasteiger partial charge in [0.1, 0.15) is 11.5 Å². The Morgan fingerprint density at radius 1 is 1.30 bits per heavy atom. The van der Waals surface area contributed by atoms with Gasteiger partial charge in [0, 0.05) is 19.8 Å². The first-order chi connectivity index (χ1) is 9.65. The van der Waals surface area contributed by atoms with E-state index in [9.17, 15) is 4.79 Å². The normalized spacial score (nSPS) is 9.65. The molecule has 1 heterocycles. The maximum Gasteiger partial charge on any atom is 0.278 e. The second-order valence-electron chi connectivity index (χ2n) is 4.06. The number of benzene rings is 1. The van der Waals surface area contributed by atoms with E-state index in [2.05, 4.69) is 15.3 Å². The number of carbonyl (C=O) groups excluding carboxylic acids is 1. The molecule has 1 amide bonds. The molecule has 0 fully saturated rings. The summed E-state index contributed by atoms with van der Waals surface area (Å²) in [6, 6.07) is 8.79. The van der Waals surface area contributed by atoms with Gasteiger partial charge in [-0.05, 0) is 24.3 Å². The summed E-state index contributed by atoms with van der Waals surface area (Å²) >= 11 is 0. The number of amides is 1. The average Bonchev–Trinajstić information content (AvgIpc) is 2.53. The Kier molecular flexibility index (Phi) is 3.91. The van der Waals surface area contributed by atoms with Crippen LogP contribution >= 0.6 is 0 Å². The molecule has 0 spiro atoms. The Balaban J connectivity index is 2.25. The number of rotatable bonds is 3. The topological polar surface area (TPSA) is 81.9 Å². The third-order valence-corrected chi connectivity index (χ3v) is 2.80. The van der Waals surface area contributed by atoms with Crippen LogP contribution in [0.4, 0.5) is 11.5 Å². The van der Waals surface area contributed by atoms with Gasteiger partial charge in [-0.1, -0.05) is 0 Å². The SMILES string of the molecule is CNc1cncc(C(=O)N(C)c2ccc(C#N)cc2)n1. The zero-order chi connectivity index (χ0) is 14.5. The van der Waals surface area contributed by atoms with Crippen molar-refractivity contribution in [3.8, 4) is 6.07 Å². The second kappa shape index (κ2) is 5.80. The van der Waals surface area contributed by atoms with Gasteiger partial charge in [-0.2, -0.15) is 5.26 Å². The Labute approximate surface area is 116 Å². The molecule has 0 saturated heterocycles. The van der Waals surface area contributed by atoms with Crippen molar-refractivity contribution in [2.24, 2.45) is 0 Å². The fourth-order valence-corrected chi connectivity index (χ4v) is 1.64. The van der Waals surface area contributed by atoms with Crippen LogP contribution in [-0.4, -0.2) is 30.0 Å². The van der Waals surface area contributed by atoms with E-state index < -0.39 is 0 Å². The molecule has 0 saturated carbocycles. The van der Waals surface area contributed by atoms with E-state index in [0.29, 0.717) is 17.1 Å². The number of hydrogen-bond acceptors (Lipinski definition) is 5. The first-order valence-corrected chi connectivity index (χ1v) is 5.93. The van der Waals surface area contributed by atoms with Gasteiger partial charge in [-0.15, -0.1) is 0 Å². The summed E-state index contributed by atoms with van der Waals surface area (Å²) in [5.74, 6) is 0.267. The first kappa shape index (κ1) is 13.5. The molecule has 0 unspecified atom stereocenters. The first-order valence-electron chi connectivity index (χ1n) is 5.93. The van der Waals surface area contributed by atoms with Crippen molar-refractivity contribution in [2.75, 3.05) is 24.3 Å². The van der Waals surface area contributed by atoms with Gasteiger partial charge >= 0.3 is 0 Å². The highest BCUT2D eigenvalue weighted by atomic mass is 16.2. The van der Waals surface area contributed by atoms with Gasteiger partial charge in [0.25, 0.3) is 5.91 Å². The number of nitrogens with one attached hydrogen (secondary N) is 1. The van der Waals surface area contributed by atoms with Crippen LogP contribution in [-0.2, 0) is 0 Å². The van der Waals surface area contributed by atoms with Gasteiger partial charge in [-0.25, -0.2) is 4.98 Å². The Morgan fingerprint density at radius 3 is 2.60 bits per heavy atom. The summed E-state index contributed by atoms with van der Waals surface area (Å²) < 4.78 is 0. The van der Waals surface area contributed by atoms with E-state index in [0.717, 1.165) is 0 Å². The Morgan fingerprint density at radius 2 is 2.00 bits per heavy atom. The van der Waals surface area contributed by atoms with E-state index in [4.69, 9.17) is 5.26 Å². The summed E-state index contributed by atoms with van der Waals surface area (Å²) in [7, 11) is 3.36. The van der Waals surface area contributed by atoms with Crippen LogP contribution in [0, 0.1) is 11.3 Å². The number of hydrogen-bond donors (Lipinski definition) is 1. The summed E-state index contributed by atoms with van der Waals surface area (Å²) in [4.78, 5) is 21.9. The zero-order valence-corrected chi connectivity index (χ0v) is 11.2. The lowest BCUT2D eigenvalue weighted by atomic mass is 10.2. The van der Waals surface area contributed by atoms with Crippen molar-refractivity contribution in [1.29, 1.82) is 5.26 Å². The lowest BCUT2D eigenvalue weighted by molar-refractivity contribution is 0.0988. The third-order valence-electron chi connectivity index (χ3n) is 2.80. The van der Waals surface area contributed by atoms with E-state index in [-0.39, 0.29) is 11.6 Å². The molecule has 0 atom stereocenters. The smallest absolute Gasteiger partial charge is 0.278 e. The van der Waals surface area contributed by atoms with Crippen LogP contribution in [0.3, 0.4) is 0 Å². The van der Waals surface area contributed by atoms with Crippen LogP contribution in [0.25, 0.3) is 0 Å². The van der Waals surface area contributed by atoms with Gasteiger partial charge in [0.15, 0.2) is 0 Å². The molecule has 0 aliphatic heterocycles. The van der Waals surface area contributed by atoms with Crippen molar-refractivity contribution >= 4 is 17.4 Å². The van der Waals surface area contributed by atoms with Crippen LogP contribution < -0.4 is 10.2 Å². The van der Waals surface area contributed by atoms with Gasteiger partial charge in [0.2, 0.25) is 0 Å². The number of aromatic nitrogens is 2. The average molecular weight is 267 g/mol. The molecule has 2 aromatic rings. The van der Waals surface area contributed by atoms with Gasteiger partial charge in [0.05, 0.1) is 24.0 Å². The summed E-state index contributed by atoms with van der Waals surface area (Å²) in [6.45, 7) is 0. The molecule has 6 heteroatoms. The maximum absolute atomic E-state index is 12.3. The molecular weight excluding hydrogens is 254 g/mol. The fraction of sp³-hybridized carbons (Fsp3) is 0.143. The molecule has 20 heavy (non-hydrogen) atoms. The van der Waals surface area contributed by atoms with Crippen molar-refractivity contribution in [3.63, 3.8) is 0 Å². The standard InChI is InChI=1S/C14H13N5O/c1-16-13-9-17-8-12(18-13)14(20)19(2)11-5-3-10(7-15)4-6-11/h3-6,8-9H,1-2H3,(H,16,18). The number of anilines is 2. The Hall–Kier alpha value is -2.94. The summed E-state index contributed by atoms with van der Waals surface area (Å²) in [5, 5.41) is 11.6. The third kappa shape index (κ3) is 2.72. The minimum absolute atomic E-state index is 0.253. The van der Waals surface area contributed by atoms with E-state index in [1.54, 1.807) is 44.6 Å². The highest BCUT2D eigenvalue weighted by Gasteiger charge is 2.15. The quantitative estimate of drug-likeness (QED) is 0.914. The predicted octanol–water partition coefficient (Wildman–Crippen LogP) is 1.67. The minimum atomic E-state index is -0.265. The molecule has 0 bridgehead atoms. The highest BCUT2D eigenvalue weighted by molar-refractivity contribution is 6.04. The molecule has 100 valence electrons. The van der Waals surface area contributed by atoms with Crippen LogP contribution in [0.1, 0.15) is 16.1 Å². The molecule has 0 aliphatic rings. The van der Waals surface area contributed by atoms with Gasteiger partial charge in [-0.3, -0.25) is 9.78 Å². The number of nitrogens with zero attached hydrogens (tertiary/aromatic N) is 4. The molecule has 1 aromatic carbocycles. The van der Waals surface area contributed by atoms with Crippen LogP contribution in [0.5, 0.6) is 0 Å². The van der Waals surface area contributed by atoms with Crippen LogP contribution in [0.2, 0.25) is 0 Å². The van der Waals surface area contributed by atoms with Crippen molar-refractivity contribution < 1.29 is 4.79 Å². The van der Waals surface area contributed by atoms with Crippen LogP contribution in [0.15, 0.2) is 36.7 Å².